The van der Waals surface area contributed by atoms with Crippen LogP contribution in [0.15, 0.2) is 6.07 Å². The summed E-state index contributed by atoms with van der Waals surface area (Å²) in [5.74, 6) is 1.97. The van der Waals surface area contributed by atoms with Gasteiger partial charge < -0.3 is 19.3 Å². The third-order valence-corrected chi connectivity index (χ3v) is 6.20. The molecule has 0 unspecified atom stereocenters. The average Bonchev–Trinajstić information content (AvgIpc) is 2.98. The average molecular weight is 390 g/mol. The van der Waals surface area contributed by atoms with Crippen molar-refractivity contribution in [1.82, 2.24) is 14.9 Å². The second-order valence-corrected chi connectivity index (χ2v) is 8.22. The molecular weight excluding hydrogens is 354 g/mol. The Kier molecular flexibility index (Phi) is 6.65. The van der Waals surface area contributed by atoms with E-state index in [0.717, 1.165) is 82.8 Å². The summed E-state index contributed by atoms with van der Waals surface area (Å²) in [6.07, 6.45) is 4.84. The lowest BCUT2D eigenvalue weighted by Gasteiger charge is -2.39. The molecule has 1 aromatic heterocycles. The van der Waals surface area contributed by atoms with Gasteiger partial charge in [-0.05, 0) is 32.6 Å². The van der Waals surface area contributed by atoms with Gasteiger partial charge in [0, 0.05) is 63.7 Å². The molecule has 3 aliphatic rings. The molecule has 0 amide bonds. The van der Waals surface area contributed by atoms with Gasteiger partial charge in [0.15, 0.2) is 0 Å². The Labute approximate surface area is 169 Å². The van der Waals surface area contributed by atoms with E-state index in [1.165, 1.54) is 19.4 Å². The molecule has 4 heterocycles. The number of rotatable bonds is 4. The van der Waals surface area contributed by atoms with Gasteiger partial charge in [-0.25, -0.2) is 4.98 Å². The van der Waals surface area contributed by atoms with Crippen molar-refractivity contribution in [3.63, 3.8) is 0 Å². The molecule has 4 rings (SSSR count). The number of aryl methyl sites for hydroxylation is 1. The number of aromatic nitrogens is 2. The summed E-state index contributed by atoms with van der Waals surface area (Å²) in [5.41, 5.74) is 1.13. The van der Waals surface area contributed by atoms with Crippen molar-refractivity contribution >= 4 is 11.8 Å². The highest BCUT2D eigenvalue weighted by Gasteiger charge is 2.28. The molecule has 3 saturated heterocycles. The summed E-state index contributed by atoms with van der Waals surface area (Å²) < 4.78 is 11.3. The molecule has 7 nitrogen and oxygen atoms in total. The van der Waals surface area contributed by atoms with Crippen molar-refractivity contribution in [2.45, 2.75) is 51.7 Å². The van der Waals surface area contributed by atoms with Crippen molar-refractivity contribution in [3.05, 3.63) is 11.8 Å². The van der Waals surface area contributed by atoms with Crippen LogP contribution >= 0.6 is 0 Å². The van der Waals surface area contributed by atoms with Crippen molar-refractivity contribution in [2.24, 2.45) is 0 Å². The Hall–Kier alpha value is -1.44. The predicted molar refractivity (Wildman–Crippen MR) is 111 cm³/mol. The molecule has 1 atom stereocenters. The molecule has 156 valence electrons. The van der Waals surface area contributed by atoms with Crippen molar-refractivity contribution in [2.75, 3.05) is 68.9 Å². The maximum atomic E-state index is 5.83. The molecule has 0 radical (unpaired) electrons. The smallest absolute Gasteiger partial charge is 0.227 e. The van der Waals surface area contributed by atoms with Gasteiger partial charge in [0.25, 0.3) is 0 Å². The number of anilines is 2. The lowest BCUT2D eigenvalue weighted by molar-refractivity contribution is 0.0579. The fraction of sp³-hybridized carbons (Fsp3) is 0.810. The zero-order valence-electron chi connectivity index (χ0n) is 17.5. The van der Waals surface area contributed by atoms with Gasteiger partial charge >= 0.3 is 0 Å². The van der Waals surface area contributed by atoms with E-state index in [2.05, 4.69) is 34.6 Å². The Morgan fingerprint density at radius 3 is 2.54 bits per heavy atom. The van der Waals surface area contributed by atoms with Crippen LogP contribution in [0.5, 0.6) is 0 Å². The number of hydrogen-bond donors (Lipinski definition) is 0. The molecule has 0 aromatic carbocycles. The minimum absolute atomic E-state index is 0.352. The largest absolute Gasteiger partial charge is 0.378 e. The normalized spacial score (nSPS) is 25.7. The number of piperidine rings is 1. The SMILES string of the molecule is CCc1cc(N2CCC(N3CCCO[C@@H](C)C3)CC2)nc(N2CCOCC2)n1. The van der Waals surface area contributed by atoms with Crippen molar-refractivity contribution in [3.8, 4) is 0 Å². The first-order valence-electron chi connectivity index (χ1n) is 11.0. The van der Waals surface area contributed by atoms with E-state index in [9.17, 15) is 0 Å². The van der Waals surface area contributed by atoms with Crippen LogP contribution in [-0.4, -0.2) is 86.1 Å². The number of ether oxygens (including phenoxy) is 2. The highest BCUT2D eigenvalue weighted by Crippen LogP contribution is 2.25. The summed E-state index contributed by atoms with van der Waals surface area (Å²) in [6, 6.07) is 2.86. The molecule has 1 aromatic rings. The Morgan fingerprint density at radius 2 is 1.79 bits per heavy atom. The summed E-state index contributed by atoms with van der Waals surface area (Å²) in [6.45, 7) is 12.9. The molecule has 0 saturated carbocycles. The third-order valence-electron chi connectivity index (χ3n) is 6.20. The highest BCUT2D eigenvalue weighted by atomic mass is 16.5. The molecular formula is C21H35N5O2. The van der Waals surface area contributed by atoms with Gasteiger partial charge in [0.1, 0.15) is 5.82 Å². The maximum absolute atomic E-state index is 5.83. The molecule has 0 N–H and O–H groups in total. The highest BCUT2D eigenvalue weighted by molar-refractivity contribution is 5.46. The number of nitrogens with zero attached hydrogens (tertiary/aromatic N) is 5. The Balaban J connectivity index is 1.42. The predicted octanol–water partition coefficient (Wildman–Crippen LogP) is 1.96. The van der Waals surface area contributed by atoms with Gasteiger partial charge in [0.05, 0.1) is 19.3 Å². The topological polar surface area (TPSA) is 54.0 Å². The van der Waals surface area contributed by atoms with E-state index in [1.807, 2.05) is 0 Å². The number of morpholine rings is 1. The molecule has 28 heavy (non-hydrogen) atoms. The minimum atomic E-state index is 0.352. The Morgan fingerprint density at radius 1 is 1.00 bits per heavy atom. The van der Waals surface area contributed by atoms with Gasteiger partial charge in [0.2, 0.25) is 5.95 Å². The second kappa shape index (κ2) is 9.37. The summed E-state index contributed by atoms with van der Waals surface area (Å²) in [4.78, 5) is 17.1. The molecule has 7 heteroatoms. The van der Waals surface area contributed by atoms with E-state index in [1.54, 1.807) is 0 Å². The third kappa shape index (κ3) is 4.75. The van der Waals surface area contributed by atoms with E-state index in [-0.39, 0.29) is 0 Å². The van der Waals surface area contributed by atoms with Crippen molar-refractivity contribution < 1.29 is 9.47 Å². The van der Waals surface area contributed by atoms with Crippen LogP contribution in [0.1, 0.15) is 38.8 Å². The van der Waals surface area contributed by atoms with Gasteiger partial charge in [-0.1, -0.05) is 6.92 Å². The number of hydrogen-bond acceptors (Lipinski definition) is 7. The van der Waals surface area contributed by atoms with E-state index >= 15 is 0 Å². The summed E-state index contributed by atoms with van der Waals surface area (Å²) >= 11 is 0. The fourth-order valence-corrected chi connectivity index (χ4v) is 4.54. The van der Waals surface area contributed by atoms with Gasteiger partial charge in [-0.2, -0.15) is 4.98 Å². The zero-order chi connectivity index (χ0) is 19.3. The van der Waals surface area contributed by atoms with E-state index in [0.29, 0.717) is 12.1 Å². The lowest BCUT2D eigenvalue weighted by atomic mass is 10.0. The van der Waals surface area contributed by atoms with Crippen LogP contribution in [0.25, 0.3) is 0 Å². The van der Waals surface area contributed by atoms with Gasteiger partial charge in [-0.15, -0.1) is 0 Å². The molecule has 0 spiro atoms. The van der Waals surface area contributed by atoms with Crippen molar-refractivity contribution in [1.29, 1.82) is 0 Å². The quantitative estimate of drug-likeness (QED) is 0.780. The standard InChI is InChI=1S/C21H35N5O2/c1-3-18-15-20(23-21(22-18)25-10-13-27-14-11-25)24-8-5-19(6-9-24)26-7-4-12-28-17(2)16-26/h15,17,19H,3-14,16H2,1-2H3/t17-/m0/s1. The van der Waals surface area contributed by atoms with Crippen LogP contribution in [0.2, 0.25) is 0 Å². The molecule has 3 aliphatic heterocycles. The molecule has 3 fully saturated rings. The first kappa shape index (κ1) is 19.9. The monoisotopic (exact) mass is 389 g/mol. The minimum Gasteiger partial charge on any atom is -0.378 e. The van der Waals surface area contributed by atoms with E-state index in [4.69, 9.17) is 19.4 Å². The Bertz CT molecular complexity index is 629. The lowest BCUT2D eigenvalue weighted by Crippen LogP contribution is -2.47. The summed E-state index contributed by atoms with van der Waals surface area (Å²) in [5, 5.41) is 0. The maximum Gasteiger partial charge on any atom is 0.227 e. The van der Waals surface area contributed by atoms with Gasteiger partial charge in [-0.3, -0.25) is 4.90 Å². The summed E-state index contributed by atoms with van der Waals surface area (Å²) in [7, 11) is 0. The van der Waals surface area contributed by atoms with Crippen LogP contribution in [0.3, 0.4) is 0 Å². The first-order valence-corrected chi connectivity index (χ1v) is 11.0. The first-order chi connectivity index (χ1) is 13.7. The molecule has 0 bridgehead atoms. The van der Waals surface area contributed by atoms with E-state index < -0.39 is 0 Å². The van der Waals surface area contributed by atoms with Crippen LogP contribution < -0.4 is 9.80 Å². The van der Waals surface area contributed by atoms with Crippen LogP contribution in [0, 0.1) is 0 Å². The van der Waals surface area contributed by atoms with Crippen LogP contribution in [-0.2, 0) is 15.9 Å². The fourth-order valence-electron chi connectivity index (χ4n) is 4.54. The second-order valence-electron chi connectivity index (χ2n) is 8.22. The van der Waals surface area contributed by atoms with Crippen LogP contribution in [0.4, 0.5) is 11.8 Å². The molecule has 0 aliphatic carbocycles. The zero-order valence-corrected chi connectivity index (χ0v) is 17.5.